The van der Waals surface area contributed by atoms with Crippen LogP contribution in [0.15, 0.2) is 0 Å². The molecule has 0 bridgehead atoms. The number of rotatable bonds is 7. The summed E-state index contributed by atoms with van der Waals surface area (Å²) >= 11 is 0. The van der Waals surface area contributed by atoms with Gasteiger partial charge in [-0.2, -0.15) is 0 Å². The van der Waals surface area contributed by atoms with Crippen molar-refractivity contribution < 1.29 is 9.59 Å². The third-order valence-corrected chi connectivity index (χ3v) is 2.97. The van der Waals surface area contributed by atoms with E-state index in [-0.39, 0.29) is 11.8 Å². The molecule has 2 N–H and O–H groups in total. The number of amides is 2. The van der Waals surface area contributed by atoms with Crippen molar-refractivity contribution >= 4 is 11.8 Å². The average Bonchev–Trinajstić information content (AvgIpc) is 2.85. The van der Waals surface area contributed by atoms with Gasteiger partial charge in [-0.25, -0.2) is 0 Å². The van der Waals surface area contributed by atoms with Crippen LogP contribution in [-0.4, -0.2) is 49.4 Å². The van der Waals surface area contributed by atoms with Gasteiger partial charge in [-0.15, -0.1) is 0 Å². The summed E-state index contributed by atoms with van der Waals surface area (Å²) in [6.07, 6.45) is 2.66. The maximum atomic E-state index is 11.7. The molecular formula is C13H25N3O2. The van der Waals surface area contributed by atoms with E-state index in [4.69, 9.17) is 0 Å². The number of nitrogens with one attached hydrogen (secondary N) is 2. The molecule has 1 aliphatic heterocycles. The Bertz CT molecular complexity index is 273. The van der Waals surface area contributed by atoms with Crippen LogP contribution in [0.5, 0.6) is 0 Å². The van der Waals surface area contributed by atoms with E-state index in [2.05, 4.69) is 24.5 Å². The number of hydrogen-bond acceptors (Lipinski definition) is 3. The highest BCUT2D eigenvalue weighted by atomic mass is 16.2. The first-order valence-electron chi connectivity index (χ1n) is 6.85. The molecule has 5 heteroatoms. The summed E-state index contributed by atoms with van der Waals surface area (Å²) in [7, 11) is 0. The van der Waals surface area contributed by atoms with Crippen LogP contribution < -0.4 is 10.6 Å². The maximum absolute atomic E-state index is 11.7. The van der Waals surface area contributed by atoms with Gasteiger partial charge in [0.25, 0.3) is 0 Å². The molecule has 1 fully saturated rings. The fraction of sp³-hybridized carbons (Fsp3) is 0.846. The number of hydrogen-bond donors (Lipinski definition) is 2. The molecule has 1 heterocycles. The van der Waals surface area contributed by atoms with E-state index in [0.29, 0.717) is 32.0 Å². The molecule has 0 aliphatic carbocycles. The zero-order valence-electron chi connectivity index (χ0n) is 11.5. The van der Waals surface area contributed by atoms with E-state index in [0.717, 1.165) is 25.9 Å². The van der Waals surface area contributed by atoms with E-state index in [1.807, 2.05) is 4.90 Å². The monoisotopic (exact) mass is 255 g/mol. The highest BCUT2D eigenvalue weighted by molar-refractivity contribution is 5.79. The number of carbonyl (C=O) groups excluding carboxylic acids is 2. The first-order valence-corrected chi connectivity index (χ1v) is 6.85. The maximum Gasteiger partial charge on any atom is 0.236 e. The highest BCUT2D eigenvalue weighted by Crippen LogP contribution is 2.06. The third kappa shape index (κ3) is 6.00. The fourth-order valence-corrected chi connectivity index (χ4v) is 1.88. The van der Waals surface area contributed by atoms with Gasteiger partial charge in [0.2, 0.25) is 11.8 Å². The van der Waals surface area contributed by atoms with Crippen molar-refractivity contribution in [3.8, 4) is 0 Å². The quantitative estimate of drug-likeness (QED) is 0.646. The SMILES string of the molecule is CC(C)CNC(=O)CCNCC(=O)N1CCCC1. The summed E-state index contributed by atoms with van der Waals surface area (Å²) in [5, 5.41) is 5.88. The van der Waals surface area contributed by atoms with E-state index < -0.39 is 0 Å². The van der Waals surface area contributed by atoms with Gasteiger partial charge in [0.05, 0.1) is 6.54 Å². The molecule has 5 nitrogen and oxygen atoms in total. The Labute approximate surface area is 109 Å². The molecule has 0 aromatic heterocycles. The summed E-state index contributed by atoms with van der Waals surface area (Å²) in [6.45, 7) is 7.51. The highest BCUT2D eigenvalue weighted by Gasteiger charge is 2.16. The van der Waals surface area contributed by atoms with Gasteiger partial charge < -0.3 is 15.5 Å². The van der Waals surface area contributed by atoms with E-state index in [1.165, 1.54) is 0 Å². The fourth-order valence-electron chi connectivity index (χ4n) is 1.88. The first kappa shape index (κ1) is 15.0. The van der Waals surface area contributed by atoms with Gasteiger partial charge in [-0.1, -0.05) is 13.8 Å². The van der Waals surface area contributed by atoms with Crippen molar-refractivity contribution in [2.45, 2.75) is 33.1 Å². The lowest BCUT2D eigenvalue weighted by atomic mass is 10.2. The molecule has 2 amide bonds. The van der Waals surface area contributed by atoms with Gasteiger partial charge in [-0.05, 0) is 18.8 Å². The zero-order chi connectivity index (χ0) is 13.4. The molecule has 0 unspecified atom stereocenters. The molecule has 0 spiro atoms. The molecular weight excluding hydrogens is 230 g/mol. The second-order valence-electron chi connectivity index (χ2n) is 5.21. The second-order valence-corrected chi connectivity index (χ2v) is 5.21. The number of carbonyl (C=O) groups is 2. The van der Waals surface area contributed by atoms with E-state index >= 15 is 0 Å². The van der Waals surface area contributed by atoms with Crippen LogP contribution in [0.2, 0.25) is 0 Å². The van der Waals surface area contributed by atoms with Gasteiger partial charge in [-0.3, -0.25) is 9.59 Å². The van der Waals surface area contributed by atoms with Crippen LogP contribution in [0.4, 0.5) is 0 Å². The third-order valence-electron chi connectivity index (χ3n) is 2.97. The first-order chi connectivity index (χ1) is 8.59. The molecule has 1 rings (SSSR count). The lowest BCUT2D eigenvalue weighted by Gasteiger charge is -2.15. The largest absolute Gasteiger partial charge is 0.356 e. The van der Waals surface area contributed by atoms with Crippen LogP contribution in [0.1, 0.15) is 33.1 Å². The topological polar surface area (TPSA) is 61.4 Å². The lowest BCUT2D eigenvalue weighted by Crippen LogP contribution is -2.37. The molecule has 104 valence electrons. The minimum atomic E-state index is 0.0461. The molecule has 0 saturated carbocycles. The van der Waals surface area contributed by atoms with Crippen molar-refractivity contribution in [1.29, 1.82) is 0 Å². The predicted octanol–water partition coefficient (Wildman–Crippen LogP) is 0.361. The summed E-state index contributed by atoms with van der Waals surface area (Å²) in [6, 6.07) is 0. The van der Waals surface area contributed by atoms with Crippen molar-refractivity contribution in [3.05, 3.63) is 0 Å². The normalized spacial score (nSPS) is 15.2. The molecule has 1 saturated heterocycles. The Morgan fingerprint density at radius 1 is 1.22 bits per heavy atom. The van der Waals surface area contributed by atoms with Gasteiger partial charge in [0.1, 0.15) is 0 Å². The summed E-state index contributed by atoms with van der Waals surface area (Å²) < 4.78 is 0. The Hall–Kier alpha value is -1.10. The van der Waals surface area contributed by atoms with Crippen molar-refractivity contribution in [3.63, 3.8) is 0 Å². The molecule has 0 aromatic carbocycles. The summed E-state index contributed by atoms with van der Waals surface area (Å²) in [4.78, 5) is 25.0. The second kappa shape index (κ2) is 8.08. The molecule has 0 radical (unpaired) electrons. The Morgan fingerprint density at radius 3 is 2.50 bits per heavy atom. The molecule has 0 atom stereocenters. The number of nitrogens with zero attached hydrogens (tertiary/aromatic N) is 1. The molecule has 0 aromatic rings. The van der Waals surface area contributed by atoms with E-state index in [9.17, 15) is 9.59 Å². The van der Waals surface area contributed by atoms with Crippen LogP contribution in [0.3, 0.4) is 0 Å². The van der Waals surface area contributed by atoms with Crippen molar-refractivity contribution in [1.82, 2.24) is 15.5 Å². The van der Waals surface area contributed by atoms with Gasteiger partial charge in [0.15, 0.2) is 0 Å². The van der Waals surface area contributed by atoms with Crippen LogP contribution >= 0.6 is 0 Å². The van der Waals surface area contributed by atoms with Gasteiger partial charge >= 0.3 is 0 Å². The molecule has 18 heavy (non-hydrogen) atoms. The minimum Gasteiger partial charge on any atom is -0.356 e. The summed E-state index contributed by atoms with van der Waals surface area (Å²) in [5.74, 6) is 0.665. The zero-order valence-corrected chi connectivity index (χ0v) is 11.5. The Morgan fingerprint density at radius 2 is 1.89 bits per heavy atom. The Kier molecular flexibility index (Phi) is 6.72. The number of likely N-dealkylation sites (tertiary alicyclic amines) is 1. The molecule has 1 aliphatic rings. The van der Waals surface area contributed by atoms with Crippen molar-refractivity contribution in [2.75, 3.05) is 32.7 Å². The lowest BCUT2D eigenvalue weighted by molar-refractivity contribution is -0.129. The van der Waals surface area contributed by atoms with E-state index in [1.54, 1.807) is 0 Å². The standard InChI is InChI=1S/C13H25N3O2/c1-11(2)9-15-12(17)5-6-14-10-13(18)16-7-3-4-8-16/h11,14H,3-10H2,1-2H3,(H,15,17). The smallest absolute Gasteiger partial charge is 0.236 e. The summed E-state index contributed by atoms with van der Waals surface area (Å²) in [5.41, 5.74) is 0. The van der Waals surface area contributed by atoms with Crippen LogP contribution in [0, 0.1) is 5.92 Å². The predicted molar refractivity (Wildman–Crippen MR) is 71.1 cm³/mol. The van der Waals surface area contributed by atoms with Crippen molar-refractivity contribution in [2.24, 2.45) is 5.92 Å². The van der Waals surface area contributed by atoms with Gasteiger partial charge in [0, 0.05) is 32.6 Å². The van der Waals surface area contributed by atoms with Crippen LogP contribution in [0.25, 0.3) is 0 Å². The van der Waals surface area contributed by atoms with Crippen LogP contribution in [-0.2, 0) is 9.59 Å². The minimum absolute atomic E-state index is 0.0461. The average molecular weight is 255 g/mol. The Balaban J connectivity index is 2.00.